The van der Waals surface area contributed by atoms with Gasteiger partial charge in [-0.3, -0.25) is 0 Å². The van der Waals surface area contributed by atoms with Crippen LogP contribution in [-0.4, -0.2) is 34.2 Å². The fourth-order valence-electron chi connectivity index (χ4n) is 2.06. The maximum Gasteiger partial charge on any atom is 0.222 e. The van der Waals surface area contributed by atoms with Crippen LogP contribution in [0, 0.1) is 0 Å². The highest BCUT2D eigenvalue weighted by Crippen LogP contribution is 2.28. The highest BCUT2D eigenvalue weighted by molar-refractivity contribution is 5.70. The molecule has 6 nitrogen and oxygen atoms in total. The number of nitrogens with zero attached hydrogens (tertiary/aromatic N) is 4. The quantitative estimate of drug-likeness (QED) is 0.736. The van der Waals surface area contributed by atoms with Crippen LogP contribution in [0.25, 0.3) is 22.5 Å². The molecular weight excluding hydrogens is 280 g/mol. The Morgan fingerprint density at radius 2 is 1.73 bits per heavy atom. The van der Waals surface area contributed by atoms with Gasteiger partial charge in [0.05, 0.1) is 31.2 Å². The van der Waals surface area contributed by atoms with E-state index in [0.29, 0.717) is 11.8 Å². The van der Waals surface area contributed by atoms with E-state index in [4.69, 9.17) is 9.47 Å². The highest BCUT2D eigenvalue weighted by atomic mass is 16.5. The van der Waals surface area contributed by atoms with Crippen molar-refractivity contribution in [2.24, 2.45) is 0 Å². The Hall–Kier alpha value is -3.02. The van der Waals surface area contributed by atoms with E-state index >= 15 is 0 Å². The SMILES string of the molecule is COc1ccc(-c2cc(-c3cccnc3OC)ncn2)cn1. The summed E-state index contributed by atoms with van der Waals surface area (Å²) in [6, 6.07) is 9.32. The van der Waals surface area contributed by atoms with Crippen LogP contribution < -0.4 is 9.47 Å². The lowest BCUT2D eigenvalue weighted by Gasteiger charge is -2.07. The van der Waals surface area contributed by atoms with Crippen molar-refractivity contribution in [3.05, 3.63) is 49.1 Å². The molecule has 0 bridgehead atoms. The van der Waals surface area contributed by atoms with Gasteiger partial charge in [0.25, 0.3) is 0 Å². The average Bonchev–Trinajstić information content (AvgIpc) is 2.62. The molecule has 3 rings (SSSR count). The normalized spacial score (nSPS) is 10.3. The number of pyridine rings is 2. The van der Waals surface area contributed by atoms with Crippen LogP contribution in [-0.2, 0) is 0 Å². The van der Waals surface area contributed by atoms with Gasteiger partial charge in [-0.25, -0.2) is 19.9 Å². The number of hydrogen-bond acceptors (Lipinski definition) is 6. The summed E-state index contributed by atoms with van der Waals surface area (Å²) in [5.74, 6) is 1.09. The van der Waals surface area contributed by atoms with Crippen molar-refractivity contribution in [2.75, 3.05) is 14.2 Å². The Morgan fingerprint density at radius 1 is 0.864 bits per heavy atom. The van der Waals surface area contributed by atoms with E-state index in [2.05, 4.69) is 19.9 Å². The second-order valence-corrected chi connectivity index (χ2v) is 4.44. The van der Waals surface area contributed by atoms with E-state index in [1.807, 2.05) is 24.3 Å². The van der Waals surface area contributed by atoms with E-state index in [-0.39, 0.29) is 0 Å². The molecule has 0 saturated carbocycles. The van der Waals surface area contributed by atoms with Crippen LogP contribution in [0.15, 0.2) is 49.1 Å². The molecule has 0 aliphatic rings. The van der Waals surface area contributed by atoms with E-state index in [1.165, 1.54) is 6.33 Å². The minimum Gasteiger partial charge on any atom is -0.481 e. The topological polar surface area (TPSA) is 70.0 Å². The van der Waals surface area contributed by atoms with Gasteiger partial charge in [0.1, 0.15) is 6.33 Å². The van der Waals surface area contributed by atoms with E-state index in [1.54, 1.807) is 32.7 Å². The third-order valence-corrected chi connectivity index (χ3v) is 3.15. The molecule has 0 atom stereocenters. The van der Waals surface area contributed by atoms with Gasteiger partial charge in [-0.05, 0) is 24.3 Å². The average molecular weight is 294 g/mol. The third kappa shape index (κ3) is 2.71. The van der Waals surface area contributed by atoms with Crippen LogP contribution in [0.2, 0.25) is 0 Å². The zero-order chi connectivity index (χ0) is 15.4. The summed E-state index contributed by atoms with van der Waals surface area (Å²) in [5, 5.41) is 0. The molecule has 0 fully saturated rings. The predicted octanol–water partition coefficient (Wildman–Crippen LogP) is 2.62. The molecule has 3 heterocycles. The van der Waals surface area contributed by atoms with Crippen molar-refractivity contribution in [2.45, 2.75) is 0 Å². The van der Waals surface area contributed by atoms with E-state index in [0.717, 1.165) is 22.5 Å². The Labute approximate surface area is 127 Å². The Balaban J connectivity index is 2.02. The van der Waals surface area contributed by atoms with Crippen LogP contribution in [0.4, 0.5) is 0 Å². The Kier molecular flexibility index (Phi) is 3.91. The number of rotatable bonds is 4. The second kappa shape index (κ2) is 6.17. The second-order valence-electron chi connectivity index (χ2n) is 4.44. The fraction of sp³-hybridized carbons (Fsp3) is 0.125. The van der Waals surface area contributed by atoms with Gasteiger partial charge >= 0.3 is 0 Å². The molecule has 3 aromatic rings. The first-order valence-electron chi connectivity index (χ1n) is 6.63. The summed E-state index contributed by atoms with van der Waals surface area (Å²) in [4.78, 5) is 17.0. The minimum atomic E-state index is 0.528. The fourth-order valence-corrected chi connectivity index (χ4v) is 2.06. The van der Waals surface area contributed by atoms with Crippen LogP contribution >= 0.6 is 0 Å². The Bertz CT molecular complexity index is 775. The molecule has 6 heteroatoms. The van der Waals surface area contributed by atoms with Gasteiger partial charge in [0.15, 0.2) is 0 Å². The number of ether oxygens (including phenoxy) is 2. The molecule has 0 aromatic carbocycles. The molecule has 0 amide bonds. The maximum absolute atomic E-state index is 5.28. The van der Waals surface area contributed by atoms with Gasteiger partial charge in [0.2, 0.25) is 11.8 Å². The third-order valence-electron chi connectivity index (χ3n) is 3.15. The summed E-state index contributed by atoms with van der Waals surface area (Å²) in [5.41, 5.74) is 3.21. The number of aromatic nitrogens is 4. The highest BCUT2D eigenvalue weighted by Gasteiger charge is 2.10. The van der Waals surface area contributed by atoms with E-state index < -0.39 is 0 Å². The van der Waals surface area contributed by atoms with Gasteiger partial charge in [-0.1, -0.05) is 0 Å². The first-order valence-corrected chi connectivity index (χ1v) is 6.63. The van der Waals surface area contributed by atoms with E-state index in [9.17, 15) is 0 Å². The first-order chi connectivity index (χ1) is 10.8. The molecule has 0 saturated heterocycles. The molecule has 0 unspecified atom stereocenters. The van der Waals surface area contributed by atoms with Crippen molar-refractivity contribution in [1.29, 1.82) is 0 Å². The molecule has 0 aliphatic carbocycles. The molecule has 3 aromatic heterocycles. The summed E-state index contributed by atoms with van der Waals surface area (Å²) < 4.78 is 10.3. The van der Waals surface area contributed by atoms with Gasteiger partial charge in [0, 0.05) is 24.0 Å². The molecule has 0 radical (unpaired) electrons. The summed E-state index contributed by atoms with van der Waals surface area (Å²) in [6.45, 7) is 0. The van der Waals surface area contributed by atoms with Gasteiger partial charge < -0.3 is 9.47 Å². The zero-order valence-corrected chi connectivity index (χ0v) is 12.2. The lowest BCUT2D eigenvalue weighted by molar-refractivity contribution is 0.398. The standard InChI is InChI=1S/C16H14N4O2/c1-21-15-6-5-11(9-18-15)13-8-14(20-10-19-13)12-4-3-7-17-16(12)22-2/h3-10H,1-2H3. The van der Waals surface area contributed by atoms with Gasteiger partial charge in [-0.2, -0.15) is 0 Å². The molecule has 22 heavy (non-hydrogen) atoms. The van der Waals surface area contributed by atoms with Crippen molar-refractivity contribution >= 4 is 0 Å². The largest absolute Gasteiger partial charge is 0.481 e. The van der Waals surface area contributed by atoms with Crippen molar-refractivity contribution in [1.82, 2.24) is 19.9 Å². The van der Waals surface area contributed by atoms with Crippen LogP contribution in [0.1, 0.15) is 0 Å². The molecular formula is C16H14N4O2. The van der Waals surface area contributed by atoms with Crippen molar-refractivity contribution in [3.8, 4) is 34.3 Å². The number of methoxy groups -OCH3 is 2. The molecule has 0 N–H and O–H groups in total. The smallest absolute Gasteiger partial charge is 0.222 e. The maximum atomic E-state index is 5.28. The predicted molar refractivity (Wildman–Crippen MR) is 81.6 cm³/mol. The zero-order valence-electron chi connectivity index (χ0n) is 12.2. The lowest BCUT2D eigenvalue weighted by Crippen LogP contribution is -1.94. The first kappa shape index (κ1) is 13.9. The molecule has 0 aliphatic heterocycles. The minimum absolute atomic E-state index is 0.528. The summed E-state index contributed by atoms with van der Waals surface area (Å²) in [6.07, 6.45) is 4.91. The lowest BCUT2D eigenvalue weighted by atomic mass is 10.1. The summed E-state index contributed by atoms with van der Waals surface area (Å²) in [7, 11) is 3.17. The van der Waals surface area contributed by atoms with Crippen LogP contribution in [0.3, 0.4) is 0 Å². The van der Waals surface area contributed by atoms with Crippen molar-refractivity contribution < 1.29 is 9.47 Å². The molecule has 110 valence electrons. The molecule has 0 spiro atoms. The monoisotopic (exact) mass is 294 g/mol. The van der Waals surface area contributed by atoms with Crippen LogP contribution in [0.5, 0.6) is 11.8 Å². The number of hydrogen-bond donors (Lipinski definition) is 0. The van der Waals surface area contributed by atoms with Crippen molar-refractivity contribution in [3.63, 3.8) is 0 Å². The Morgan fingerprint density at radius 3 is 2.45 bits per heavy atom. The summed E-state index contributed by atoms with van der Waals surface area (Å²) >= 11 is 0. The van der Waals surface area contributed by atoms with Gasteiger partial charge in [-0.15, -0.1) is 0 Å².